The van der Waals surface area contributed by atoms with Gasteiger partial charge in [0.15, 0.2) is 0 Å². The first-order chi connectivity index (χ1) is 10.4. The molecule has 2 rings (SSSR count). The third-order valence-corrected chi connectivity index (χ3v) is 4.01. The molecule has 0 fully saturated rings. The molecule has 0 spiro atoms. The summed E-state index contributed by atoms with van der Waals surface area (Å²) in [5.41, 5.74) is 7.11. The van der Waals surface area contributed by atoms with Gasteiger partial charge in [-0.3, -0.25) is 9.69 Å². The van der Waals surface area contributed by atoms with Gasteiger partial charge >= 0.3 is 0 Å². The lowest BCUT2D eigenvalue weighted by atomic mass is 10.2. The minimum atomic E-state index is -0.492. The highest BCUT2D eigenvalue weighted by Gasteiger charge is 2.10. The molecule has 0 saturated carbocycles. The second kappa shape index (κ2) is 7.33. The Morgan fingerprint density at radius 3 is 2.95 bits per heavy atom. The van der Waals surface area contributed by atoms with E-state index >= 15 is 0 Å². The zero-order valence-electron chi connectivity index (χ0n) is 12.6. The number of amides is 1. The summed E-state index contributed by atoms with van der Waals surface area (Å²) in [4.78, 5) is 18.3. The van der Waals surface area contributed by atoms with Crippen LogP contribution in [0, 0.1) is 12.7 Å². The molecule has 3 N–H and O–H groups in total. The quantitative estimate of drug-likeness (QED) is 0.802. The van der Waals surface area contributed by atoms with Gasteiger partial charge in [0.2, 0.25) is 5.91 Å². The third-order valence-electron chi connectivity index (χ3n) is 3.06. The molecule has 5 nitrogen and oxygen atoms in total. The third kappa shape index (κ3) is 4.78. The number of nitrogen functional groups attached to an aromatic ring is 1. The van der Waals surface area contributed by atoms with Gasteiger partial charge in [0.25, 0.3) is 0 Å². The number of carbonyl (C=O) groups is 1. The fraction of sp³-hybridized carbons (Fsp3) is 0.333. The van der Waals surface area contributed by atoms with Crippen LogP contribution in [0.3, 0.4) is 0 Å². The summed E-state index contributed by atoms with van der Waals surface area (Å²) >= 11 is 1.60. The molecule has 7 heteroatoms. The number of hydrogen-bond acceptors (Lipinski definition) is 5. The Kier molecular flexibility index (Phi) is 5.46. The molecule has 0 saturated heterocycles. The van der Waals surface area contributed by atoms with Crippen LogP contribution >= 0.6 is 11.3 Å². The molecule has 0 aliphatic rings. The summed E-state index contributed by atoms with van der Waals surface area (Å²) in [5, 5.41) is 5.56. The SMILES string of the molecule is Cc1csc(CN(C)CCC(=O)Nc2cc(N)ccc2F)n1. The van der Waals surface area contributed by atoms with Crippen LogP contribution in [0.5, 0.6) is 0 Å². The minimum absolute atomic E-state index is 0.114. The first-order valence-electron chi connectivity index (χ1n) is 6.88. The molecule has 1 aromatic heterocycles. The van der Waals surface area contributed by atoms with Crippen LogP contribution in [0.15, 0.2) is 23.6 Å². The number of nitrogens with one attached hydrogen (secondary N) is 1. The van der Waals surface area contributed by atoms with Crippen molar-refractivity contribution in [3.63, 3.8) is 0 Å². The number of aromatic nitrogens is 1. The van der Waals surface area contributed by atoms with Gasteiger partial charge in [-0.05, 0) is 32.2 Å². The van der Waals surface area contributed by atoms with Gasteiger partial charge in [0.1, 0.15) is 10.8 Å². The topological polar surface area (TPSA) is 71.2 Å². The van der Waals surface area contributed by atoms with Gasteiger partial charge in [-0.2, -0.15) is 0 Å². The number of benzene rings is 1. The summed E-state index contributed by atoms with van der Waals surface area (Å²) in [6.45, 7) is 3.21. The van der Waals surface area contributed by atoms with Crippen molar-refractivity contribution in [2.45, 2.75) is 19.9 Å². The number of hydrogen-bond donors (Lipinski definition) is 2. The molecule has 1 heterocycles. The second-order valence-corrected chi connectivity index (χ2v) is 6.10. The van der Waals surface area contributed by atoms with Crippen molar-refractivity contribution in [2.24, 2.45) is 0 Å². The molecular weight excluding hydrogens is 303 g/mol. The van der Waals surface area contributed by atoms with Crippen LogP contribution in [0.2, 0.25) is 0 Å². The Morgan fingerprint density at radius 1 is 1.50 bits per heavy atom. The lowest BCUT2D eigenvalue weighted by molar-refractivity contribution is -0.116. The molecule has 118 valence electrons. The normalized spacial score (nSPS) is 10.9. The van der Waals surface area contributed by atoms with E-state index < -0.39 is 5.82 Å². The van der Waals surface area contributed by atoms with Gasteiger partial charge in [0.05, 0.1) is 12.2 Å². The Hall–Kier alpha value is -1.99. The van der Waals surface area contributed by atoms with Gasteiger partial charge in [-0.15, -0.1) is 11.3 Å². The molecule has 0 atom stereocenters. The maximum absolute atomic E-state index is 13.5. The number of thiazole rings is 1. The molecular formula is C15H19FN4OS. The number of rotatable bonds is 6. The molecule has 0 radical (unpaired) electrons. The molecule has 1 amide bonds. The molecule has 0 aliphatic carbocycles. The van der Waals surface area contributed by atoms with Crippen LogP contribution < -0.4 is 11.1 Å². The van der Waals surface area contributed by atoms with Gasteiger partial charge < -0.3 is 11.1 Å². The van der Waals surface area contributed by atoms with Crippen molar-refractivity contribution in [1.29, 1.82) is 0 Å². The average molecular weight is 322 g/mol. The maximum atomic E-state index is 13.5. The summed E-state index contributed by atoms with van der Waals surface area (Å²) in [6.07, 6.45) is 0.273. The number of nitrogens with zero attached hydrogens (tertiary/aromatic N) is 2. The standard InChI is InChI=1S/C15H19FN4OS/c1-10-9-22-15(18-10)8-20(2)6-5-14(21)19-13-7-11(17)3-4-12(13)16/h3-4,7,9H,5-6,8,17H2,1-2H3,(H,19,21). The van der Waals surface area contributed by atoms with E-state index in [1.807, 2.05) is 24.3 Å². The predicted octanol–water partition coefficient (Wildman–Crippen LogP) is 2.63. The first-order valence-corrected chi connectivity index (χ1v) is 7.76. The number of anilines is 2. The second-order valence-electron chi connectivity index (χ2n) is 5.16. The highest BCUT2D eigenvalue weighted by Crippen LogP contribution is 2.17. The Balaban J connectivity index is 1.81. The largest absolute Gasteiger partial charge is 0.399 e. The van der Waals surface area contributed by atoms with Crippen molar-refractivity contribution in [1.82, 2.24) is 9.88 Å². The Labute approximate surface area is 133 Å². The van der Waals surface area contributed by atoms with Crippen LogP contribution in [-0.4, -0.2) is 29.4 Å². The lowest BCUT2D eigenvalue weighted by Crippen LogP contribution is -2.24. The highest BCUT2D eigenvalue weighted by atomic mass is 32.1. The monoisotopic (exact) mass is 322 g/mol. The van der Waals surface area contributed by atoms with E-state index in [0.717, 1.165) is 10.7 Å². The summed E-state index contributed by atoms with van der Waals surface area (Å²) in [6, 6.07) is 4.10. The smallest absolute Gasteiger partial charge is 0.225 e. The first kappa shape index (κ1) is 16.4. The van der Waals surface area contributed by atoms with E-state index in [1.165, 1.54) is 18.2 Å². The van der Waals surface area contributed by atoms with E-state index in [1.54, 1.807) is 11.3 Å². The van der Waals surface area contributed by atoms with Crippen molar-refractivity contribution in [3.8, 4) is 0 Å². The summed E-state index contributed by atoms with van der Waals surface area (Å²) in [7, 11) is 1.92. The number of nitrogens with two attached hydrogens (primary N) is 1. The van der Waals surface area contributed by atoms with E-state index in [4.69, 9.17) is 5.73 Å². The zero-order valence-corrected chi connectivity index (χ0v) is 13.4. The van der Waals surface area contributed by atoms with Crippen molar-refractivity contribution in [2.75, 3.05) is 24.6 Å². The molecule has 1 aromatic carbocycles. The fourth-order valence-electron chi connectivity index (χ4n) is 1.93. The maximum Gasteiger partial charge on any atom is 0.225 e. The van der Waals surface area contributed by atoms with Crippen LogP contribution in [0.4, 0.5) is 15.8 Å². The Morgan fingerprint density at radius 2 is 2.27 bits per heavy atom. The average Bonchev–Trinajstić information content (AvgIpc) is 2.86. The van der Waals surface area contributed by atoms with Crippen LogP contribution in [0.25, 0.3) is 0 Å². The van der Waals surface area contributed by atoms with Crippen molar-refractivity contribution < 1.29 is 9.18 Å². The van der Waals surface area contributed by atoms with Crippen molar-refractivity contribution >= 4 is 28.6 Å². The molecule has 0 aliphatic heterocycles. The number of halogens is 1. The number of aryl methyl sites for hydroxylation is 1. The minimum Gasteiger partial charge on any atom is -0.399 e. The van der Waals surface area contributed by atoms with Crippen molar-refractivity contribution in [3.05, 3.63) is 40.1 Å². The Bertz CT molecular complexity index is 659. The summed E-state index contributed by atoms with van der Waals surface area (Å²) < 4.78 is 13.5. The van der Waals surface area contributed by atoms with E-state index in [0.29, 0.717) is 18.8 Å². The lowest BCUT2D eigenvalue weighted by Gasteiger charge is -2.15. The van der Waals surface area contributed by atoms with E-state index in [9.17, 15) is 9.18 Å². The van der Waals surface area contributed by atoms with E-state index in [-0.39, 0.29) is 18.0 Å². The predicted molar refractivity (Wildman–Crippen MR) is 87.2 cm³/mol. The molecule has 22 heavy (non-hydrogen) atoms. The summed E-state index contributed by atoms with van der Waals surface area (Å²) in [5.74, 6) is -0.735. The van der Waals surface area contributed by atoms with Gasteiger partial charge in [0, 0.05) is 29.7 Å². The van der Waals surface area contributed by atoms with Gasteiger partial charge in [-0.1, -0.05) is 0 Å². The van der Waals surface area contributed by atoms with Crippen LogP contribution in [-0.2, 0) is 11.3 Å². The van der Waals surface area contributed by atoms with Gasteiger partial charge in [-0.25, -0.2) is 9.37 Å². The van der Waals surface area contributed by atoms with E-state index in [2.05, 4.69) is 10.3 Å². The molecule has 0 unspecified atom stereocenters. The highest BCUT2D eigenvalue weighted by molar-refractivity contribution is 7.09. The fourth-order valence-corrected chi connectivity index (χ4v) is 2.78. The number of carbonyl (C=O) groups excluding carboxylic acids is 1. The molecule has 0 bridgehead atoms. The molecule has 2 aromatic rings. The zero-order chi connectivity index (χ0) is 16.1. The van der Waals surface area contributed by atoms with Crippen LogP contribution in [0.1, 0.15) is 17.1 Å².